The molecule has 1 heterocycles. The van der Waals surface area contributed by atoms with Gasteiger partial charge in [0.15, 0.2) is 0 Å². The van der Waals surface area contributed by atoms with Gasteiger partial charge in [-0.25, -0.2) is 0 Å². The monoisotopic (exact) mass is 430 g/mol. The highest BCUT2D eigenvalue weighted by molar-refractivity contribution is 6.46. The average Bonchev–Trinajstić information content (AvgIpc) is 2.96. The van der Waals surface area contributed by atoms with Crippen LogP contribution in [0.4, 0.5) is 0 Å². The van der Waals surface area contributed by atoms with Crippen molar-refractivity contribution in [1.29, 1.82) is 0 Å². The maximum Gasteiger partial charge on any atom is 0.295 e. The van der Waals surface area contributed by atoms with E-state index in [2.05, 4.69) is 0 Å². The molecule has 1 saturated heterocycles. The maximum atomic E-state index is 12.9. The Balaban J connectivity index is 2.16. The number of phenolic OH excluding ortho intramolecular Hbond substituents is 1. The lowest BCUT2D eigenvalue weighted by Gasteiger charge is -2.26. The van der Waals surface area contributed by atoms with E-state index in [1.54, 1.807) is 30.3 Å². The first-order chi connectivity index (χ1) is 14.2. The highest BCUT2D eigenvalue weighted by Gasteiger charge is 2.46. The molecule has 1 aliphatic rings. The van der Waals surface area contributed by atoms with Crippen LogP contribution in [0.3, 0.4) is 0 Å². The summed E-state index contributed by atoms with van der Waals surface area (Å²) in [6.45, 7) is 0.821. The van der Waals surface area contributed by atoms with E-state index in [1.165, 1.54) is 24.1 Å². The number of ketones is 1. The van der Waals surface area contributed by atoms with Crippen LogP contribution in [-0.4, -0.2) is 66.0 Å². The number of likely N-dealkylation sites (tertiary alicyclic amines) is 1. The van der Waals surface area contributed by atoms with Gasteiger partial charge in [-0.1, -0.05) is 23.7 Å². The van der Waals surface area contributed by atoms with Crippen LogP contribution >= 0.6 is 11.6 Å². The van der Waals surface area contributed by atoms with Crippen LogP contribution in [0.2, 0.25) is 5.02 Å². The summed E-state index contributed by atoms with van der Waals surface area (Å²) >= 11 is 6.00. The van der Waals surface area contributed by atoms with Crippen LogP contribution in [-0.2, 0) is 9.59 Å². The van der Waals surface area contributed by atoms with Crippen molar-refractivity contribution in [1.82, 2.24) is 9.80 Å². The summed E-state index contributed by atoms with van der Waals surface area (Å²) in [4.78, 5) is 29.0. The lowest BCUT2D eigenvalue weighted by atomic mass is 9.95. The maximum absolute atomic E-state index is 12.9. The predicted octanol–water partition coefficient (Wildman–Crippen LogP) is 3.04. The molecule has 0 aliphatic carbocycles. The Labute approximate surface area is 179 Å². The van der Waals surface area contributed by atoms with E-state index in [1.807, 2.05) is 19.0 Å². The van der Waals surface area contributed by atoms with Crippen molar-refractivity contribution in [2.45, 2.75) is 6.04 Å². The van der Waals surface area contributed by atoms with E-state index in [0.717, 1.165) is 0 Å². The summed E-state index contributed by atoms with van der Waals surface area (Å²) in [5.41, 5.74) is 0.592. The van der Waals surface area contributed by atoms with Gasteiger partial charge in [-0.05, 0) is 43.9 Å². The number of aliphatic hydroxyl groups is 1. The number of phenols is 1. The Hall–Kier alpha value is -3.03. The van der Waals surface area contributed by atoms with Gasteiger partial charge in [0.2, 0.25) is 0 Å². The number of carbonyl (C=O) groups is 2. The number of aliphatic hydroxyl groups excluding tert-OH is 1. The first-order valence-electron chi connectivity index (χ1n) is 9.30. The van der Waals surface area contributed by atoms with Gasteiger partial charge in [0.05, 0.1) is 24.3 Å². The zero-order valence-corrected chi connectivity index (χ0v) is 17.7. The van der Waals surface area contributed by atoms with Crippen molar-refractivity contribution in [2.24, 2.45) is 0 Å². The number of Topliss-reactive ketones (excluding diaryl/α,β-unsaturated/α-hetero) is 1. The second kappa shape index (κ2) is 8.77. The number of aromatic hydroxyl groups is 1. The number of methoxy groups -OCH3 is 1. The fourth-order valence-corrected chi connectivity index (χ4v) is 3.52. The van der Waals surface area contributed by atoms with E-state index in [4.69, 9.17) is 16.3 Å². The van der Waals surface area contributed by atoms with Crippen LogP contribution in [0.5, 0.6) is 11.5 Å². The summed E-state index contributed by atoms with van der Waals surface area (Å²) in [6, 6.07) is 10.3. The standard InChI is InChI=1S/C22H23ClN2O5/c1-24(2)10-11-25-19(13-4-6-14(23)7-5-13)18(21(28)22(25)29)20(27)16-9-8-15(30-3)12-17(16)26/h4-9,12,19,26-27H,10-11H2,1-3H3/t19-/m0/s1. The third kappa shape index (κ3) is 4.13. The van der Waals surface area contributed by atoms with Crippen molar-refractivity contribution in [3.63, 3.8) is 0 Å². The van der Waals surface area contributed by atoms with Crippen molar-refractivity contribution in [2.75, 3.05) is 34.3 Å². The van der Waals surface area contributed by atoms with Crippen LogP contribution in [0.15, 0.2) is 48.0 Å². The van der Waals surface area contributed by atoms with Gasteiger partial charge in [0, 0.05) is 24.2 Å². The molecule has 0 spiro atoms. The summed E-state index contributed by atoms with van der Waals surface area (Å²) in [7, 11) is 5.18. The molecule has 2 aromatic rings. The van der Waals surface area contributed by atoms with Crippen LogP contribution in [0, 0.1) is 0 Å². The van der Waals surface area contributed by atoms with Crippen molar-refractivity contribution in [3.05, 3.63) is 64.2 Å². The van der Waals surface area contributed by atoms with Gasteiger partial charge in [0.1, 0.15) is 17.3 Å². The fraction of sp³-hybridized carbons (Fsp3) is 0.273. The molecule has 0 saturated carbocycles. The van der Waals surface area contributed by atoms with Crippen LogP contribution in [0.1, 0.15) is 17.2 Å². The van der Waals surface area contributed by atoms with Gasteiger partial charge >= 0.3 is 0 Å². The number of rotatable bonds is 6. The van der Waals surface area contributed by atoms with Gasteiger partial charge in [0.25, 0.3) is 11.7 Å². The number of amides is 1. The molecule has 8 heteroatoms. The van der Waals surface area contributed by atoms with E-state index in [0.29, 0.717) is 22.9 Å². The SMILES string of the molecule is COc1ccc(C(O)=C2C(=O)C(=O)N(CCN(C)C)[C@H]2c2ccc(Cl)cc2)c(O)c1. The zero-order valence-electron chi connectivity index (χ0n) is 16.9. The molecule has 1 atom stereocenters. The normalized spacial score (nSPS) is 18.3. The minimum atomic E-state index is -0.804. The molecule has 30 heavy (non-hydrogen) atoms. The number of hydrogen-bond acceptors (Lipinski definition) is 6. The summed E-state index contributed by atoms with van der Waals surface area (Å²) in [6.07, 6.45) is 0. The molecule has 0 radical (unpaired) electrons. The number of carbonyl (C=O) groups excluding carboxylic acids is 2. The molecule has 2 N–H and O–H groups in total. The molecule has 158 valence electrons. The van der Waals surface area contributed by atoms with Crippen LogP contribution < -0.4 is 4.74 Å². The van der Waals surface area contributed by atoms with E-state index in [-0.39, 0.29) is 23.4 Å². The number of benzene rings is 2. The number of hydrogen-bond donors (Lipinski definition) is 2. The topological polar surface area (TPSA) is 90.3 Å². The molecule has 1 amide bonds. The molecule has 2 aromatic carbocycles. The number of halogens is 1. The first-order valence-corrected chi connectivity index (χ1v) is 9.68. The Kier molecular flexibility index (Phi) is 6.34. The lowest BCUT2D eigenvalue weighted by molar-refractivity contribution is -0.140. The number of nitrogens with zero attached hydrogens (tertiary/aromatic N) is 2. The lowest BCUT2D eigenvalue weighted by Crippen LogP contribution is -2.35. The number of likely N-dealkylation sites (N-methyl/N-ethyl adjacent to an activating group) is 1. The molecule has 7 nitrogen and oxygen atoms in total. The van der Waals surface area contributed by atoms with E-state index in [9.17, 15) is 19.8 Å². The molecular formula is C22H23ClN2O5. The molecular weight excluding hydrogens is 408 g/mol. The quantitative estimate of drug-likeness (QED) is 0.416. The smallest absolute Gasteiger partial charge is 0.295 e. The molecule has 0 bridgehead atoms. The summed E-state index contributed by atoms with van der Waals surface area (Å²) < 4.78 is 5.06. The summed E-state index contributed by atoms with van der Waals surface area (Å²) in [5.74, 6) is -1.82. The predicted molar refractivity (Wildman–Crippen MR) is 114 cm³/mol. The van der Waals surface area contributed by atoms with Gasteiger partial charge in [-0.15, -0.1) is 0 Å². The highest BCUT2D eigenvalue weighted by atomic mass is 35.5. The second-order valence-corrected chi connectivity index (χ2v) is 7.67. The summed E-state index contributed by atoms with van der Waals surface area (Å²) in [5, 5.41) is 21.8. The Bertz CT molecular complexity index is 1000. The minimum Gasteiger partial charge on any atom is -0.507 e. The third-order valence-corrected chi connectivity index (χ3v) is 5.23. The number of ether oxygens (including phenoxy) is 1. The fourth-order valence-electron chi connectivity index (χ4n) is 3.39. The van der Waals surface area contributed by atoms with Crippen molar-refractivity contribution in [3.8, 4) is 11.5 Å². The third-order valence-electron chi connectivity index (χ3n) is 4.97. The Morgan fingerprint density at radius 3 is 2.40 bits per heavy atom. The minimum absolute atomic E-state index is 0.0420. The average molecular weight is 431 g/mol. The molecule has 1 aliphatic heterocycles. The Morgan fingerprint density at radius 2 is 1.83 bits per heavy atom. The van der Waals surface area contributed by atoms with E-state index < -0.39 is 23.5 Å². The molecule has 0 aromatic heterocycles. The molecule has 1 fully saturated rings. The van der Waals surface area contributed by atoms with Crippen LogP contribution in [0.25, 0.3) is 5.76 Å². The molecule has 0 unspecified atom stereocenters. The highest BCUT2D eigenvalue weighted by Crippen LogP contribution is 2.41. The van der Waals surface area contributed by atoms with Gasteiger partial charge in [-0.3, -0.25) is 9.59 Å². The van der Waals surface area contributed by atoms with E-state index >= 15 is 0 Å². The van der Waals surface area contributed by atoms with Crippen molar-refractivity contribution >= 4 is 29.1 Å². The second-order valence-electron chi connectivity index (χ2n) is 7.23. The van der Waals surface area contributed by atoms with Crippen molar-refractivity contribution < 1.29 is 24.5 Å². The van der Waals surface area contributed by atoms with Gasteiger partial charge in [-0.2, -0.15) is 0 Å². The zero-order chi connectivity index (χ0) is 22.0. The van der Waals surface area contributed by atoms with Gasteiger partial charge < -0.3 is 24.7 Å². The largest absolute Gasteiger partial charge is 0.507 e. The molecule has 3 rings (SSSR count). The first kappa shape index (κ1) is 21.7. The Morgan fingerprint density at radius 1 is 1.17 bits per heavy atom.